The number of ketones is 2. The molecule has 1 aliphatic heterocycles. The fourth-order valence-corrected chi connectivity index (χ4v) is 3.62. The van der Waals surface area contributed by atoms with Crippen LogP contribution < -0.4 is 10.6 Å². The fraction of sp³-hybridized carbons (Fsp3) is 0.480. The van der Waals surface area contributed by atoms with Gasteiger partial charge in [0.05, 0.1) is 19.3 Å². The van der Waals surface area contributed by atoms with E-state index in [1.165, 1.54) is 13.2 Å². The van der Waals surface area contributed by atoms with Crippen molar-refractivity contribution in [3.63, 3.8) is 0 Å². The molecule has 0 unspecified atom stereocenters. The van der Waals surface area contributed by atoms with Gasteiger partial charge in [-0.1, -0.05) is 42.4 Å². The Morgan fingerprint density at radius 1 is 1.14 bits per heavy atom. The summed E-state index contributed by atoms with van der Waals surface area (Å²) in [6, 6.07) is 9.04. The first-order valence-electron chi connectivity index (χ1n) is 11.4. The van der Waals surface area contributed by atoms with Crippen molar-refractivity contribution in [3.8, 4) is 0 Å². The molecule has 0 spiro atoms. The van der Waals surface area contributed by atoms with Gasteiger partial charge in [0.25, 0.3) is 5.91 Å². The van der Waals surface area contributed by atoms with Gasteiger partial charge in [-0.15, -0.1) is 0 Å². The second-order valence-corrected chi connectivity index (χ2v) is 9.01. The van der Waals surface area contributed by atoms with Crippen molar-refractivity contribution in [2.24, 2.45) is 5.92 Å². The Kier molecular flexibility index (Phi) is 8.52. The van der Waals surface area contributed by atoms with Gasteiger partial charge in [0.2, 0.25) is 5.91 Å². The number of methoxy groups -OCH3 is 1. The number of aryl methyl sites for hydroxylation is 1. The number of hydrogen-bond donors (Lipinski definition) is 2. The van der Waals surface area contributed by atoms with Crippen LogP contribution in [-0.2, 0) is 30.3 Å². The van der Waals surface area contributed by atoms with Crippen LogP contribution in [0.15, 0.2) is 40.9 Å². The van der Waals surface area contributed by atoms with Crippen molar-refractivity contribution in [3.05, 3.63) is 53.4 Å². The summed E-state index contributed by atoms with van der Waals surface area (Å²) in [7, 11) is 1.41. The number of epoxide rings is 1. The van der Waals surface area contributed by atoms with E-state index in [-0.39, 0.29) is 30.3 Å². The SMILES string of the molecule is COC[C@H](NC(=O)c1cc(C)on1)C(=O)C[C@@H](C)C(=O)N[C@@H](Cc1ccccc1)C(=O)[C@@]1(C)CO1. The van der Waals surface area contributed by atoms with Crippen LogP contribution in [0.25, 0.3) is 0 Å². The second kappa shape index (κ2) is 11.4. The van der Waals surface area contributed by atoms with Gasteiger partial charge in [-0.3, -0.25) is 19.2 Å². The third-order valence-corrected chi connectivity index (χ3v) is 5.86. The van der Waals surface area contributed by atoms with Crippen molar-refractivity contribution in [2.75, 3.05) is 20.3 Å². The number of hydrogen-bond acceptors (Lipinski definition) is 8. The zero-order valence-corrected chi connectivity index (χ0v) is 20.3. The molecule has 2 heterocycles. The maximum Gasteiger partial charge on any atom is 0.274 e. The molecule has 2 aromatic rings. The van der Waals surface area contributed by atoms with Gasteiger partial charge < -0.3 is 24.6 Å². The number of benzene rings is 1. The Hall–Kier alpha value is -3.37. The molecule has 10 nitrogen and oxygen atoms in total. The van der Waals surface area contributed by atoms with E-state index in [4.69, 9.17) is 14.0 Å². The molecule has 10 heteroatoms. The molecule has 2 N–H and O–H groups in total. The number of amides is 2. The zero-order valence-electron chi connectivity index (χ0n) is 20.3. The summed E-state index contributed by atoms with van der Waals surface area (Å²) < 4.78 is 15.3. The van der Waals surface area contributed by atoms with Gasteiger partial charge in [-0.05, 0) is 25.8 Å². The number of carbonyl (C=O) groups is 4. The summed E-state index contributed by atoms with van der Waals surface area (Å²) in [5.74, 6) is -1.90. The predicted octanol–water partition coefficient (Wildman–Crippen LogP) is 1.41. The zero-order chi connectivity index (χ0) is 25.6. The normalized spacial score (nSPS) is 19.3. The monoisotopic (exact) mass is 485 g/mol. The first-order valence-corrected chi connectivity index (χ1v) is 11.4. The Labute approximate surface area is 203 Å². The van der Waals surface area contributed by atoms with E-state index in [0.29, 0.717) is 18.8 Å². The molecule has 2 amide bonds. The smallest absolute Gasteiger partial charge is 0.274 e. The Balaban J connectivity index is 1.62. The van der Waals surface area contributed by atoms with Crippen LogP contribution in [0.3, 0.4) is 0 Å². The Morgan fingerprint density at radius 2 is 1.83 bits per heavy atom. The lowest BCUT2D eigenvalue weighted by atomic mass is 9.93. The number of Topliss-reactive ketones (excluding diaryl/α,β-unsaturated/α-hetero) is 2. The molecule has 0 aliphatic carbocycles. The van der Waals surface area contributed by atoms with Crippen LogP contribution in [0.1, 0.15) is 42.1 Å². The Bertz CT molecular complexity index is 1060. The van der Waals surface area contributed by atoms with Crippen molar-refractivity contribution in [2.45, 2.75) is 51.3 Å². The van der Waals surface area contributed by atoms with Gasteiger partial charge in [-0.2, -0.15) is 0 Å². The highest BCUT2D eigenvalue weighted by atomic mass is 16.6. The summed E-state index contributed by atoms with van der Waals surface area (Å²) in [5, 5.41) is 9.01. The maximum absolute atomic E-state index is 13.0. The summed E-state index contributed by atoms with van der Waals surface area (Å²) in [6.07, 6.45) is 0.155. The average molecular weight is 486 g/mol. The van der Waals surface area contributed by atoms with Crippen LogP contribution in [0.4, 0.5) is 0 Å². The lowest BCUT2D eigenvalue weighted by molar-refractivity contribution is -0.133. The first-order chi connectivity index (χ1) is 16.6. The van der Waals surface area contributed by atoms with E-state index in [0.717, 1.165) is 5.56 Å². The first kappa shape index (κ1) is 26.2. The van der Waals surface area contributed by atoms with Crippen LogP contribution in [0, 0.1) is 12.8 Å². The highest BCUT2D eigenvalue weighted by Gasteiger charge is 2.50. The van der Waals surface area contributed by atoms with Gasteiger partial charge in [0, 0.05) is 25.5 Å². The summed E-state index contributed by atoms with van der Waals surface area (Å²) >= 11 is 0. The minimum atomic E-state index is -0.972. The van der Waals surface area contributed by atoms with Gasteiger partial charge >= 0.3 is 0 Å². The van der Waals surface area contributed by atoms with Gasteiger partial charge in [-0.25, -0.2) is 0 Å². The molecule has 0 bridgehead atoms. The van der Waals surface area contributed by atoms with E-state index in [9.17, 15) is 19.2 Å². The van der Waals surface area contributed by atoms with Gasteiger partial charge in [0.1, 0.15) is 17.4 Å². The van der Waals surface area contributed by atoms with E-state index in [2.05, 4.69) is 15.8 Å². The summed E-state index contributed by atoms with van der Waals surface area (Å²) in [5.41, 5.74) is 0.0318. The minimum absolute atomic E-state index is 0.0419. The fourth-order valence-electron chi connectivity index (χ4n) is 3.62. The number of nitrogens with one attached hydrogen (secondary N) is 2. The van der Waals surface area contributed by atoms with Crippen LogP contribution in [0.2, 0.25) is 0 Å². The van der Waals surface area contributed by atoms with E-state index < -0.39 is 35.4 Å². The highest BCUT2D eigenvalue weighted by molar-refractivity contribution is 5.99. The van der Waals surface area contributed by atoms with E-state index in [1.54, 1.807) is 20.8 Å². The van der Waals surface area contributed by atoms with E-state index >= 15 is 0 Å². The number of carbonyl (C=O) groups excluding carboxylic acids is 4. The standard InChI is InChI=1S/C25H31N3O7/c1-15(10-21(29)20(13-33-4)27-24(32)19-11-16(2)35-28-19)23(31)26-18(22(30)25(3)14-34-25)12-17-8-6-5-7-9-17/h5-9,11,15,18,20H,10,12-14H2,1-4H3,(H,26,31)(H,27,32)/t15-,18+,20+,25-/m1/s1. The summed E-state index contributed by atoms with van der Waals surface area (Å²) in [6.45, 7) is 5.18. The molecular formula is C25H31N3O7. The van der Waals surface area contributed by atoms with Crippen molar-refractivity contribution in [1.29, 1.82) is 0 Å². The lowest BCUT2D eigenvalue weighted by Crippen LogP contribution is -2.50. The predicted molar refractivity (Wildman–Crippen MR) is 125 cm³/mol. The molecule has 0 radical (unpaired) electrons. The largest absolute Gasteiger partial charge is 0.382 e. The minimum Gasteiger partial charge on any atom is -0.382 e. The van der Waals surface area contributed by atoms with Crippen LogP contribution >= 0.6 is 0 Å². The summed E-state index contributed by atoms with van der Waals surface area (Å²) in [4.78, 5) is 51.2. The molecule has 1 fully saturated rings. The molecular weight excluding hydrogens is 454 g/mol. The lowest BCUT2D eigenvalue weighted by Gasteiger charge is -2.23. The van der Waals surface area contributed by atoms with Crippen molar-refractivity contribution in [1.82, 2.24) is 15.8 Å². The van der Waals surface area contributed by atoms with E-state index in [1.807, 2.05) is 30.3 Å². The number of rotatable bonds is 13. The number of ether oxygens (including phenoxy) is 2. The topological polar surface area (TPSA) is 140 Å². The molecule has 1 aromatic heterocycles. The molecule has 1 aromatic carbocycles. The molecule has 1 aliphatic rings. The maximum atomic E-state index is 13.0. The number of nitrogens with zero attached hydrogens (tertiary/aromatic N) is 1. The third kappa shape index (κ3) is 7.06. The second-order valence-electron chi connectivity index (χ2n) is 9.01. The number of aromatic nitrogens is 1. The highest BCUT2D eigenvalue weighted by Crippen LogP contribution is 2.29. The van der Waals surface area contributed by atoms with Crippen molar-refractivity contribution < 1.29 is 33.2 Å². The average Bonchev–Trinajstić information content (AvgIpc) is 3.43. The molecule has 35 heavy (non-hydrogen) atoms. The molecule has 4 atom stereocenters. The van der Waals surface area contributed by atoms with Crippen LogP contribution in [-0.4, -0.2) is 66.5 Å². The third-order valence-electron chi connectivity index (χ3n) is 5.86. The molecule has 1 saturated heterocycles. The van der Waals surface area contributed by atoms with Crippen molar-refractivity contribution >= 4 is 23.4 Å². The quantitative estimate of drug-likeness (QED) is 0.406. The van der Waals surface area contributed by atoms with Crippen LogP contribution in [0.5, 0.6) is 0 Å². The van der Waals surface area contributed by atoms with Gasteiger partial charge in [0.15, 0.2) is 17.3 Å². The Morgan fingerprint density at radius 3 is 2.40 bits per heavy atom. The molecule has 0 saturated carbocycles. The molecule has 3 rings (SSSR count). The molecule has 188 valence electrons.